The fraction of sp³-hybridized carbons (Fsp3) is 0.167. The number of pyridine rings is 1. The molecule has 2 heteroatoms. The molecule has 0 N–H and O–H groups in total. The summed E-state index contributed by atoms with van der Waals surface area (Å²) in [4.78, 5) is 4.60. The van der Waals surface area contributed by atoms with Crippen molar-refractivity contribution in [3.63, 3.8) is 0 Å². The van der Waals surface area contributed by atoms with Gasteiger partial charge in [0.15, 0.2) is 0 Å². The summed E-state index contributed by atoms with van der Waals surface area (Å²) in [6.07, 6.45) is 0. The molecule has 1 heterocycles. The van der Waals surface area contributed by atoms with Crippen LogP contribution in [0.5, 0.6) is 0 Å². The lowest BCUT2D eigenvalue weighted by Crippen LogP contribution is -1.92. The molecule has 0 aliphatic rings. The highest BCUT2D eigenvalue weighted by Crippen LogP contribution is 2.31. The predicted molar refractivity (Wildman–Crippen MR) is 86.4 cm³/mol. The Morgan fingerprint density at radius 3 is 2.30 bits per heavy atom. The largest absolute Gasteiger partial charge is 0.235 e. The quantitative estimate of drug-likeness (QED) is 0.538. The van der Waals surface area contributed by atoms with Crippen LogP contribution >= 0.6 is 11.6 Å². The zero-order valence-corrected chi connectivity index (χ0v) is 12.6. The van der Waals surface area contributed by atoms with Gasteiger partial charge in [-0.3, -0.25) is 0 Å². The minimum atomic E-state index is 0.573. The van der Waals surface area contributed by atoms with Crippen LogP contribution in [0.3, 0.4) is 0 Å². The molecule has 0 aliphatic carbocycles. The molecule has 0 fully saturated rings. The van der Waals surface area contributed by atoms with E-state index in [9.17, 15) is 0 Å². The molecule has 0 bridgehead atoms. The molecule has 0 aliphatic heterocycles. The molecular formula is C18H16ClN. The number of hydrogen-bond donors (Lipinski definition) is 0. The van der Waals surface area contributed by atoms with Gasteiger partial charge in [0.2, 0.25) is 0 Å². The highest BCUT2D eigenvalue weighted by atomic mass is 35.5. The minimum absolute atomic E-state index is 0.573. The Kier molecular flexibility index (Phi) is 3.23. The monoisotopic (exact) mass is 281 g/mol. The van der Waals surface area contributed by atoms with Gasteiger partial charge in [-0.2, -0.15) is 0 Å². The Labute approximate surface area is 124 Å². The van der Waals surface area contributed by atoms with Gasteiger partial charge in [0, 0.05) is 10.9 Å². The number of hydrogen-bond acceptors (Lipinski definition) is 1. The maximum absolute atomic E-state index is 6.38. The van der Waals surface area contributed by atoms with Crippen molar-refractivity contribution < 1.29 is 0 Å². The van der Waals surface area contributed by atoms with Crippen LogP contribution in [0.2, 0.25) is 5.15 Å². The van der Waals surface area contributed by atoms with E-state index in [1.807, 2.05) is 0 Å². The van der Waals surface area contributed by atoms with Crippen molar-refractivity contribution in [3.8, 4) is 11.3 Å². The third kappa shape index (κ3) is 2.19. The minimum Gasteiger partial charge on any atom is -0.235 e. The third-order valence-electron chi connectivity index (χ3n) is 3.68. The van der Waals surface area contributed by atoms with Crippen molar-refractivity contribution in [2.24, 2.45) is 0 Å². The Morgan fingerprint density at radius 1 is 0.900 bits per heavy atom. The van der Waals surface area contributed by atoms with Gasteiger partial charge in [0.1, 0.15) is 5.15 Å². The summed E-state index contributed by atoms with van der Waals surface area (Å²) in [5, 5.41) is 2.72. The zero-order chi connectivity index (χ0) is 14.3. The normalized spacial score (nSPS) is 11.0. The smallest absolute Gasteiger partial charge is 0.137 e. The molecule has 0 unspecified atom stereocenters. The predicted octanol–water partition coefficient (Wildman–Crippen LogP) is 5.48. The topological polar surface area (TPSA) is 12.9 Å². The summed E-state index contributed by atoms with van der Waals surface area (Å²) < 4.78 is 0. The summed E-state index contributed by atoms with van der Waals surface area (Å²) in [7, 11) is 0. The molecule has 0 amide bonds. The van der Waals surface area contributed by atoms with Crippen LogP contribution < -0.4 is 0 Å². The highest BCUT2D eigenvalue weighted by Gasteiger charge is 2.10. The van der Waals surface area contributed by atoms with Crippen LogP contribution in [0.25, 0.3) is 22.0 Å². The maximum atomic E-state index is 6.38. The van der Waals surface area contributed by atoms with Gasteiger partial charge in [-0.05, 0) is 49.4 Å². The van der Waals surface area contributed by atoms with E-state index in [0.717, 1.165) is 16.5 Å². The Hall–Kier alpha value is -1.86. The SMILES string of the molecule is Cc1ccc2cc(-c3c(C)cccc3C)nc(Cl)c2c1. The molecule has 2 aromatic carbocycles. The van der Waals surface area contributed by atoms with Crippen molar-refractivity contribution in [2.45, 2.75) is 20.8 Å². The molecule has 20 heavy (non-hydrogen) atoms. The number of aromatic nitrogens is 1. The van der Waals surface area contributed by atoms with Crippen molar-refractivity contribution in [2.75, 3.05) is 0 Å². The van der Waals surface area contributed by atoms with E-state index in [2.05, 4.69) is 68.2 Å². The van der Waals surface area contributed by atoms with Gasteiger partial charge in [-0.25, -0.2) is 4.98 Å². The van der Waals surface area contributed by atoms with E-state index in [1.165, 1.54) is 22.3 Å². The number of nitrogens with zero attached hydrogens (tertiary/aromatic N) is 1. The van der Waals surface area contributed by atoms with Crippen molar-refractivity contribution in [1.29, 1.82) is 0 Å². The first-order chi connectivity index (χ1) is 9.56. The molecule has 0 saturated heterocycles. The van der Waals surface area contributed by atoms with Crippen LogP contribution in [0.4, 0.5) is 0 Å². The number of halogens is 1. The Balaban J connectivity index is 2.31. The lowest BCUT2D eigenvalue weighted by Gasteiger charge is -2.11. The van der Waals surface area contributed by atoms with Gasteiger partial charge in [-0.1, -0.05) is 47.5 Å². The maximum Gasteiger partial charge on any atom is 0.137 e. The summed E-state index contributed by atoms with van der Waals surface area (Å²) >= 11 is 6.38. The number of benzene rings is 2. The molecule has 3 aromatic rings. The molecule has 0 radical (unpaired) electrons. The second-order valence-electron chi connectivity index (χ2n) is 5.29. The first-order valence-electron chi connectivity index (χ1n) is 6.70. The van der Waals surface area contributed by atoms with Gasteiger partial charge < -0.3 is 0 Å². The Morgan fingerprint density at radius 2 is 1.60 bits per heavy atom. The van der Waals surface area contributed by atoms with E-state index in [4.69, 9.17) is 11.6 Å². The summed E-state index contributed by atoms with van der Waals surface area (Å²) in [5.74, 6) is 0. The summed E-state index contributed by atoms with van der Waals surface area (Å²) in [6.45, 7) is 6.28. The van der Waals surface area contributed by atoms with Crippen molar-refractivity contribution in [3.05, 3.63) is 64.3 Å². The average molecular weight is 282 g/mol. The average Bonchev–Trinajstić information content (AvgIpc) is 2.39. The van der Waals surface area contributed by atoms with Gasteiger partial charge in [0.25, 0.3) is 0 Å². The van der Waals surface area contributed by atoms with Crippen LogP contribution in [0.1, 0.15) is 16.7 Å². The fourth-order valence-electron chi connectivity index (χ4n) is 2.67. The van der Waals surface area contributed by atoms with E-state index in [1.54, 1.807) is 0 Å². The van der Waals surface area contributed by atoms with Gasteiger partial charge in [-0.15, -0.1) is 0 Å². The Bertz CT molecular complexity index is 786. The summed E-state index contributed by atoms with van der Waals surface area (Å²) in [5.41, 5.74) is 5.76. The van der Waals surface area contributed by atoms with Crippen molar-refractivity contribution >= 4 is 22.4 Å². The number of fused-ring (bicyclic) bond motifs is 1. The van der Waals surface area contributed by atoms with Crippen LogP contribution in [-0.2, 0) is 0 Å². The fourth-order valence-corrected chi connectivity index (χ4v) is 2.92. The molecule has 3 rings (SSSR count). The third-order valence-corrected chi connectivity index (χ3v) is 3.97. The molecule has 100 valence electrons. The molecule has 0 spiro atoms. The second kappa shape index (κ2) is 4.92. The molecule has 1 aromatic heterocycles. The molecule has 0 saturated carbocycles. The van der Waals surface area contributed by atoms with Gasteiger partial charge in [0.05, 0.1) is 5.69 Å². The summed E-state index contributed by atoms with van der Waals surface area (Å²) in [6, 6.07) is 14.7. The number of aryl methyl sites for hydroxylation is 3. The van der Waals surface area contributed by atoms with Crippen LogP contribution in [0, 0.1) is 20.8 Å². The lowest BCUT2D eigenvalue weighted by atomic mass is 9.98. The molecular weight excluding hydrogens is 266 g/mol. The first kappa shape index (κ1) is 13.1. The van der Waals surface area contributed by atoms with E-state index < -0.39 is 0 Å². The highest BCUT2D eigenvalue weighted by molar-refractivity contribution is 6.34. The van der Waals surface area contributed by atoms with E-state index in [-0.39, 0.29) is 0 Å². The van der Waals surface area contributed by atoms with Gasteiger partial charge >= 0.3 is 0 Å². The van der Waals surface area contributed by atoms with Crippen LogP contribution in [-0.4, -0.2) is 4.98 Å². The van der Waals surface area contributed by atoms with E-state index >= 15 is 0 Å². The van der Waals surface area contributed by atoms with Crippen molar-refractivity contribution in [1.82, 2.24) is 4.98 Å². The molecule has 0 atom stereocenters. The van der Waals surface area contributed by atoms with E-state index in [0.29, 0.717) is 5.15 Å². The lowest BCUT2D eigenvalue weighted by molar-refractivity contribution is 1.29. The standard InChI is InChI=1S/C18H16ClN/c1-11-7-8-14-10-16(20-18(19)15(14)9-11)17-12(2)5-4-6-13(17)3/h4-10H,1-3H3. The van der Waals surface area contributed by atoms with Crippen LogP contribution in [0.15, 0.2) is 42.5 Å². The zero-order valence-electron chi connectivity index (χ0n) is 11.9. The number of rotatable bonds is 1. The second-order valence-corrected chi connectivity index (χ2v) is 5.65. The molecule has 1 nitrogen and oxygen atoms in total. The first-order valence-corrected chi connectivity index (χ1v) is 7.07.